The Bertz CT molecular complexity index is 551. The zero-order chi connectivity index (χ0) is 12.5. The fraction of sp³-hybridized carbons (Fsp3) is 0.417. The summed E-state index contributed by atoms with van der Waals surface area (Å²) in [5.74, 6) is 2.08. The molecule has 0 radical (unpaired) electrons. The van der Waals surface area contributed by atoms with Gasteiger partial charge in [-0.05, 0) is 24.8 Å². The first kappa shape index (κ1) is 11.2. The van der Waals surface area contributed by atoms with Crippen LogP contribution in [0, 0.1) is 5.92 Å². The van der Waals surface area contributed by atoms with E-state index in [4.69, 9.17) is 15.0 Å². The lowest BCUT2D eigenvalue weighted by atomic mass is 10.2. The SMILES string of the molecule is COc1cnccc1-c1nc(C(N)C2CC2)no1. The van der Waals surface area contributed by atoms with Gasteiger partial charge in [0.2, 0.25) is 0 Å². The molecule has 0 aromatic carbocycles. The number of pyridine rings is 1. The Morgan fingerprint density at radius 1 is 1.50 bits per heavy atom. The van der Waals surface area contributed by atoms with Crippen LogP contribution in [0.25, 0.3) is 11.5 Å². The number of aromatic nitrogens is 3. The van der Waals surface area contributed by atoms with E-state index in [1.54, 1.807) is 25.6 Å². The van der Waals surface area contributed by atoms with Gasteiger partial charge in [0.05, 0.1) is 24.9 Å². The van der Waals surface area contributed by atoms with Gasteiger partial charge < -0.3 is 15.0 Å². The average molecular weight is 246 g/mol. The molecule has 1 fully saturated rings. The van der Waals surface area contributed by atoms with Crippen molar-refractivity contribution in [2.45, 2.75) is 18.9 Å². The second-order valence-corrected chi connectivity index (χ2v) is 4.40. The first-order valence-electron chi connectivity index (χ1n) is 5.87. The van der Waals surface area contributed by atoms with Crippen molar-refractivity contribution in [3.63, 3.8) is 0 Å². The Morgan fingerprint density at radius 2 is 2.33 bits per heavy atom. The van der Waals surface area contributed by atoms with Gasteiger partial charge in [0, 0.05) is 6.20 Å². The molecule has 0 spiro atoms. The van der Waals surface area contributed by atoms with Gasteiger partial charge in [-0.2, -0.15) is 4.98 Å². The lowest BCUT2D eigenvalue weighted by molar-refractivity contribution is 0.397. The monoisotopic (exact) mass is 246 g/mol. The van der Waals surface area contributed by atoms with Gasteiger partial charge in [-0.15, -0.1) is 0 Å². The van der Waals surface area contributed by atoms with Crippen LogP contribution in [0.2, 0.25) is 0 Å². The molecule has 0 amide bonds. The molecule has 6 heteroatoms. The molecule has 1 unspecified atom stereocenters. The topological polar surface area (TPSA) is 87.1 Å². The van der Waals surface area contributed by atoms with Crippen LogP contribution in [-0.4, -0.2) is 22.2 Å². The Balaban J connectivity index is 1.92. The summed E-state index contributed by atoms with van der Waals surface area (Å²) in [5.41, 5.74) is 6.76. The summed E-state index contributed by atoms with van der Waals surface area (Å²) in [5, 5.41) is 3.94. The van der Waals surface area contributed by atoms with Gasteiger partial charge in [0.15, 0.2) is 5.82 Å². The Morgan fingerprint density at radius 3 is 3.06 bits per heavy atom. The van der Waals surface area contributed by atoms with Crippen LogP contribution in [0.5, 0.6) is 5.75 Å². The van der Waals surface area contributed by atoms with Crippen molar-refractivity contribution in [3.8, 4) is 17.2 Å². The number of nitrogens with zero attached hydrogens (tertiary/aromatic N) is 3. The molecular formula is C12H14N4O2. The van der Waals surface area contributed by atoms with Crippen molar-refractivity contribution < 1.29 is 9.26 Å². The van der Waals surface area contributed by atoms with Crippen LogP contribution in [0.15, 0.2) is 23.0 Å². The van der Waals surface area contributed by atoms with Crippen molar-refractivity contribution in [1.29, 1.82) is 0 Å². The van der Waals surface area contributed by atoms with Gasteiger partial charge in [-0.25, -0.2) is 0 Å². The van der Waals surface area contributed by atoms with Crippen molar-refractivity contribution in [2.24, 2.45) is 11.7 Å². The summed E-state index contributed by atoms with van der Waals surface area (Å²) in [6, 6.07) is 1.65. The summed E-state index contributed by atoms with van der Waals surface area (Å²) in [6.45, 7) is 0. The lowest BCUT2D eigenvalue weighted by Crippen LogP contribution is -2.13. The lowest BCUT2D eigenvalue weighted by Gasteiger charge is -2.03. The van der Waals surface area contributed by atoms with Crippen LogP contribution < -0.4 is 10.5 Å². The summed E-state index contributed by atoms with van der Waals surface area (Å²) < 4.78 is 10.5. The van der Waals surface area contributed by atoms with Crippen molar-refractivity contribution >= 4 is 0 Å². The Hall–Kier alpha value is -1.95. The van der Waals surface area contributed by atoms with E-state index in [0.717, 1.165) is 18.4 Å². The molecule has 2 aromatic heterocycles. The van der Waals surface area contributed by atoms with Gasteiger partial charge in [-0.1, -0.05) is 5.16 Å². The minimum absolute atomic E-state index is 0.129. The summed E-state index contributed by atoms with van der Waals surface area (Å²) >= 11 is 0. The maximum Gasteiger partial charge on any atom is 0.261 e. The molecule has 0 bridgehead atoms. The van der Waals surface area contributed by atoms with Gasteiger partial charge >= 0.3 is 0 Å². The second-order valence-electron chi connectivity index (χ2n) is 4.40. The van der Waals surface area contributed by atoms with Crippen molar-refractivity contribution in [2.75, 3.05) is 7.11 Å². The van der Waals surface area contributed by atoms with Gasteiger partial charge in [-0.3, -0.25) is 4.98 Å². The quantitative estimate of drug-likeness (QED) is 0.880. The fourth-order valence-electron chi connectivity index (χ4n) is 1.87. The van der Waals surface area contributed by atoms with Gasteiger partial charge in [0.1, 0.15) is 5.75 Å². The zero-order valence-electron chi connectivity index (χ0n) is 10.0. The molecule has 1 aliphatic carbocycles. The molecule has 3 rings (SSSR count). The Labute approximate surface area is 104 Å². The predicted octanol–water partition coefficient (Wildman–Crippen LogP) is 1.55. The number of hydrogen-bond acceptors (Lipinski definition) is 6. The van der Waals surface area contributed by atoms with E-state index in [2.05, 4.69) is 15.1 Å². The van der Waals surface area contributed by atoms with E-state index >= 15 is 0 Å². The highest BCUT2D eigenvalue weighted by Gasteiger charge is 2.32. The minimum atomic E-state index is -0.129. The predicted molar refractivity (Wildman–Crippen MR) is 63.7 cm³/mol. The van der Waals surface area contributed by atoms with Gasteiger partial charge in [0.25, 0.3) is 5.89 Å². The Kier molecular flexibility index (Phi) is 2.71. The highest BCUT2D eigenvalue weighted by molar-refractivity contribution is 5.61. The molecule has 0 saturated heterocycles. The molecule has 18 heavy (non-hydrogen) atoms. The molecule has 2 aromatic rings. The molecule has 1 aliphatic rings. The second kappa shape index (κ2) is 4.38. The summed E-state index contributed by atoms with van der Waals surface area (Å²) in [6.07, 6.45) is 5.55. The van der Waals surface area contributed by atoms with Crippen LogP contribution >= 0.6 is 0 Å². The van der Waals surface area contributed by atoms with Crippen LogP contribution in [-0.2, 0) is 0 Å². The van der Waals surface area contributed by atoms with Crippen LogP contribution in [0.4, 0.5) is 0 Å². The van der Waals surface area contributed by atoms with Crippen LogP contribution in [0.1, 0.15) is 24.7 Å². The number of rotatable bonds is 4. The molecule has 2 heterocycles. The smallest absolute Gasteiger partial charge is 0.261 e. The standard InChI is InChI=1S/C12H14N4O2/c1-17-9-6-14-5-4-8(9)12-15-11(16-18-12)10(13)7-2-3-7/h4-7,10H,2-3,13H2,1H3. The number of nitrogens with two attached hydrogens (primary N) is 1. The molecule has 1 saturated carbocycles. The maximum atomic E-state index is 6.03. The highest BCUT2D eigenvalue weighted by Crippen LogP contribution is 2.39. The van der Waals surface area contributed by atoms with E-state index in [-0.39, 0.29) is 6.04 Å². The number of ether oxygens (including phenoxy) is 1. The molecule has 6 nitrogen and oxygen atoms in total. The third kappa shape index (κ3) is 1.95. The normalized spacial score (nSPS) is 16.6. The molecule has 0 aliphatic heterocycles. The first-order chi connectivity index (χ1) is 8.79. The van der Waals surface area contributed by atoms with Crippen LogP contribution in [0.3, 0.4) is 0 Å². The fourth-order valence-corrected chi connectivity index (χ4v) is 1.87. The third-order valence-corrected chi connectivity index (χ3v) is 3.10. The number of methoxy groups -OCH3 is 1. The van der Waals surface area contributed by atoms with Crippen molar-refractivity contribution in [1.82, 2.24) is 15.1 Å². The molecule has 94 valence electrons. The third-order valence-electron chi connectivity index (χ3n) is 3.10. The van der Waals surface area contributed by atoms with E-state index in [0.29, 0.717) is 23.4 Å². The summed E-state index contributed by atoms with van der Waals surface area (Å²) in [7, 11) is 1.58. The molecule has 2 N–H and O–H groups in total. The zero-order valence-corrected chi connectivity index (χ0v) is 10.0. The van der Waals surface area contributed by atoms with E-state index in [1.165, 1.54) is 0 Å². The minimum Gasteiger partial charge on any atom is -0.494 e. The summed E-state index contributed by atoms with van der Waals surface area (Å²) in [4.78, 5) is 8.32. The first-order valence-corrected chi connectivity index (χ1v) is 5.87. The number of hydrogen-bond donors (Lipinski definition) is 1. The van der Waals surface area contributed by atoms with Crippen molar-refractivity contribution in [3.05, 3.63) is 24.3 Å². The molecule has 1 atom stereocenters. The largest absolute Gasteiger partial charge is 0.494 e. The maximum absolute atomic E-state index is 6.03. The van der Waals surface area contributed by atoms with E-state index in [1.807, 2.05) is 0 Å². The van der Waals surface area contributed by atoms with E-state index < -0.39 is 0 Å². The van der Waals surface area contributed by atoms with E-state index in [9.17, 15) is 0 Å². The average Bonchev–Trinajstić information content (AvgIpc) is 3.15. The highest BCUT2D eigenvalue weighted by atomic mass is 16.5. The molecular weight excluding hydrogens is 232 g/mol.